The number of piperidine rings is 1. The van der Waals surface area contributed by atoms with Crippen molar-refractivity contribution in [1.82, 2.24) is 14.9 Å². The van der Waals surface area contributed by atoms with E-state index in [1.165, 1.54) is 19.4 Å². The molecule has 0 spiro atoms. The van der Waals surface area contributed by atoms with Crippen molar-refractivity contribution in [2.24, 2.45) is 0 Å². The van der Waals surface area contributed by atoms with Gasteiger partial charge in [-0.25, -0.2) is 9.97 Å². The van der Waals surface area contributed by atoms with Gasteiger partial charge in [-0.2, -0.15) is 0 Å². The Balaban J connectivity index is 2.08. The maximum Gasteiger partial charge on any atom is 0.135 e. The highest BCUT2D eigenvalue weighted by molar-refractivity contribution is 6.29. The molecule has 1 fully saturated rings. The largest absolute Gasteiger partial charge is 0.366 e. The summed E-state index contributed by atoms with van der Waals surface area (Å²) in [4.78, 5) is 11.1. The highest BCUT2D eigenvalue weighted by atomic mass is 35.5. The van der Waals surface area contributed by atoms with Crippen LogP contribution < -0.4 is 5.32 Å². The van der Waals surface area contributed by atoms with Crippen LogP contribution in [-0.2, 0) is 0 Å². The number of nitrogens with one attached hydrogen (secondary N) is 1. The maximum absolute atomic E-state index is 6.04. The summed E-state index contributed by atoms with van der Waals surface area (Å²) in [5.41, 5.74) is 0. The molecule has 1 aliphatic rings. The van der Waals surface area contributed by atoms with Crippen molar-refractivity contribution in [1.29, 1.82) is 0 Å². The monoisotopic (exact) mass is 268 g/mol. The standard InChI is InChI=1S/C13H21ClN4/c1-9(2)13-16-11(14)7-12(17-13)15-10-5-4-6-18(3)8-10/h7,9-10H,4-6,8H2,1-3H3,(H,15,16,17). The molecule has 1 aliphatic heterocycles. The summed E-state index contributed by atoms with van der Waals surface area (Å²) in [7, 11) is 2.15. The van der Waals surface area contributed by atoms with Crippen LogP contribution >= 0.6 is 11.6 Å². The third-order valence-electron chi connectivity index (χ3n) is 3.21. The summed E-state index contributed by atoms with van der Waals surface area (Å²) >= 11 is 6.04. The van der Waals surface area contributed by atoms with E-state index in [1.807, 2.05) is 6.07 Å². The van der Waals surface area contributed by atoms with Gasteiger partial charge in [-0.05, 0) is 26.4 Å². The van der Waals surface area contributed by atoms with Crippen molar-refractivity contribution < 1.29 is 0 Å². The van der Waals surface area contributed by atoms with Crippen LogP contribution in [0.25, 0.3) is 0 Å². The summed E-state index contributed by atoms with van der Waals surface area (Å²) in [6.45, 7) is 6.38. The first-order chi connectivity index (χ1) is 8.54. The smallest absolute Gasteiger partial charge is 0.135 e. The van der Waals surface area contributed by atoms with E-state index >= 15 is 0 Å². The third kappa shape index (κ3) is 3.56. The Bertz CT molecular complexity index is 408. The number of rotatable bonds is 3. The van der Waals surface area contributed by atoms with Crippen molar-refractivity contribution >= 4 is 17.4 Å². The summed E-state index contributed by atoms with van der Waals surface area (Å²) in [5, 5.41) is 3.98. The van der Waals surface area contributed by atoms with Gasteiger partial charge < -0.3 is 10.2 Å². The fourth-order valence-corrected chi connectivity index (χ4v) is 2.45. The Labute approximate surface area is 114 Å². The Hall–Kier alpha value is -0.870. The third-order valence-corrected chi connectivity index (χ3v) is 3.40. The van der Waals surface area contributed by atoms with Crippen LogP contribution in [0.4, 0.5) is 5.82 Å². The fraction of sp³-hybridized carbons (Fsp3) is 0.692. The molecule has 2 rings (SSSR count). The maximum atomic E-state index is 6.04. The minimum Gasteiger partial charge on any atom is -0.366 e. The quantitative estimate of drug-likeness (QED) is 0.856. The number of nitrogens with zero attached hydrogens (tertiary/aromatic N) is 3. The van der Waals surface area contributed by atoms with Gasteiger partial charge in [-0.15, -0.1) is 0 Å². The van der Waals surface area contributed by atoms with Gasteiger partial charge in [-0.1, -0.05) is 25.4 Å². The molecule has 100 valence electrons. The minimum atomic E-state index is 0.290. The summed E-state index contributed by atoms with van der Waals surface area (Å²) < 4.78 is 0. The lowest BCUT2D eigenvalue weighted by atomic mass is 10.1. The molecule has 0 radical (unpaired) electrons. The second-order valence-electron chi connectivity index (χ2n) is 5.33. The number of hydrogen-bond donors (Lipinski definition) is 1. The molecule has 1 aromatic heterocycles. The lowest BCUT2D eigenvalue weighted by molar-refractivity contribution is 0.260. The molecule has 2 heterocycles. The summed E-state index contributed by atoms with van der Waals surface area (Å²) in [6.07, 6.45) is 2.41. The summed E-state index contributed by atoms with van der Waals surface area (Å²) in [6, 6.07) is 2.26. The molecular formula is C13H21ClN4. The molecule has 5 heteroatoms. The van der Waals surface area contributed by atoms with E-state index in [9.17, 15) is 0 Å². The topological polar surface area (TPSA) is 41.1 Å². The molecule has 0 saturated carbocycles. The van der Waals surface area contributed by atoms with Gasteiger partial charge in [-0.3, -0.25) is 0 Å². The highest BCUT2D eigenvalue weighted by Gasteiger charge is 2.18. The first kappa shape index (κ1) is 13.6. The van der Waals surface area contributed by atoms with Gasteiger partial charge in [0.2, 0.25) is 0 Å². The molecule has 0 bridgehead atoms. The van der Waals surface area contributed by atoms with E-state index in [0.717, 1.165) is 18.2 Å². The van der Waals surface area contributed by atoms with Crippen molar-refractivity contribution in [2.75, 3.05) is 25.5 Å². The molecule has 4 nitrogen and oxygen atoms in total. The van der Waals surface area contributed by atoms with Gasteiger partial charge in [0.1, 0.15) is 16.8 Å². The zero-order chi connectivity index (χ0) is 13.1. The molecular weight excluding hydrogens is 248 g/mol. The van der Waals surface area contributed by atoms with E-state index in [2.05, 4.69) is 41.1 Å². The van der Waals surface area contributed by atoms with E-state index < -0.39 is 0 Å². The van der Waals surface area contributed by atoms with Gasteiger partial charge in [0, 0.05) is 24.6 Å². The van der Waals surface area contributed by atoms with Crippen LogP contribution in [0.5, 0.6) is 0 Å². The fourth-order valence-electron chi connectivity index (χ4n) is 2.26. The Kier molecular flexibility index (Phi) is 4.40. The van der Waals surface area contributed by atoms with Crippen LogP contribution in [-0.4, -0.2) is 41.0 Å². The predicted molar refractivity (Wildman–Crippen MR) is 75.3 cm³/mol. The van der Waals surface area contributed by atoms with Crippen LogP contribution in [0.15, 0.2) is 6.07 Å². The second-order valence-corrected chi connectivity index (χ2v) is 5.72. The van der Waals surface area contributed by atoms with Gasteiger partial charge in [0.05, 0.1) is 0 Å². The summed E-state index contributed by atoms with van der Waals surface area (Å²) in [5.74, 6) is 1.94. The Morgan fingerprint density at radius 2 is 2.22 bits per heavy atom. The Morgan fingerprint density at radius 1 is 1.44 bits per heavy atom. The van der Waals surface area contributed by atoms with Crippen molar-refractivity contribution in [2.45, 2.75) is 38.6 Å². The molecule has 1 saturated heterocycles. The van der Waals surface area contributed by atoms with Crippen molar-refractivity contribution in [3.05, 3.63) is 17.0 Å². The predicted octanol–water partition coefficient (Wildman–Crippen LogP) is 2.76. The first-order valence-electron chi connectivity index (χ1n) is 6.54. The molecule has 0 aliphatic carbocycles. The van der Waals surface area contributed by atoms with E-state index in [1.54, 1.807) is 0 Å². The van der Waals surface area contributed by atoms with Crippen molar-refractivity contribution in [3.63, 3.8) is 0 Å². The van der Waals surface area contributed by atoms with E-state index in [-0.39, 0.29) is 0 Å². The molecule has 0 aromatic carbocycles. The zero-order valence-corrected chi connectivity index (χ0v) is 12.0. The number of anilines is 1. The lowest BCUT2D eigenvalue weighted by Crippen LogP contribution is -2.39. The number of likely N-dealkylation sites (tertiary alicyclic amines) is 1. The number of likely N-dealkylation sites (N-methyl/N-ethyl adjacent to an activating group) is 1. The molecule has 1 aromatic rings. The normalized spacial score (nSPS) is 21.3. The Morgan fingerprint density at radius 3 is 2.89 bits per heavy atom. The number of hydrogen-bond acceptors (Lipinski definition) is 4. The highest BCUT2D eigenvalue weighted by Crippen LogP contribution is 2.19. The molecule has 1 atom stereocenters. The average Bonchev–Trinajstić information content (AvgIpc) is 2.28. The first-order valence-corrected chi connectivity index (χ1v) is 6.92. The minimum absolute atomic E-state index is 0.290. The zero-order valence-electron chi connectivity index (χ0n) is 11.3. The van der Waals surface area contributed by atoms with Crippen LogP contribution in [0.2, 0.25) is 5.15 Å². The second kappa shape index (κ2) is 5.85. The molecule has 0 amide bonds. The number of aromatic nitrogens is 2. The lowest BCUT2D eigenvalue weighted by Gasteiger charge is -2.30. The number of halogens is 1. The van der Waals surface area contributed by atoms with Gasteiger partial charge in [0.15, 0.2) is 0 Å². The van der Waals surface area contributed by atoms with Gasteiger partial charge >= 0.3 is 0 Å². The van der Waals surface area contributed by atoms with Crippen LogP contribution in [0, 0.1) is 0 Å². The average molecular weight is 269 g/mol. The van der Waals surface area contributed by atoms with E-state index in [0.29, 0.717) is 17.1 Å². The van der Waals surface area contributed by atoms with Crippen molar-refractivity contribution in [3.8, 4) is 0 Å². The van der Waals surface area contributed by atoms with Gasteiger partial charge in [0.25, 0.3) is 0 Å². The molecule has 1 N–H and O–H groups in total. The molecule has 18 heavy (non-hydrogen) atoms. The van der Waals surface area contributed by atoms with E-state index in [4.69, 9.17) is 11.6 Å². The van der Waals surface area contributed by atoms with Crippen LogP contribution in [0.3, 0.4) is 0 Å². The van der Waals surface area contributed by atoms with Crippen LogP contribution in [0.1, 0.15) is 38.4 Å². The SMILES string of the molecule is CC(C)c1nc(Cl)cc(NC2CCCN(C)C2)n1. The molecule has 1 unspecified atom stereocenters.